The van der Waals surface area contributed by atoms with Crippen molar-refractivity contribution in [3.63, 3.8) is 0 Å². The molecule has 1 aliphatic rings. The molecule has 28 heavy (non-hydrogen) atoms. The second kappa shape index (κ2) is 8.61. The Kier molecular flexibility index (Phi) is 5.56. The minimum absolute atomic E-state index is 0.570. The van der Waals surface area contributed by atoms with Gasteiger partial charge in [-0.15, -0.1) is 0 Å². The highest BCUT2D eigenvalue weighted by Crippen LogP contribution is 2.33. The van der Waals surface area contributed by atoms with Gasteiger partial charge in [0.1, 0.15) is 19.0 Å². The molecule has 144 valence electrons. The van der Waals surface area contributed by atoms with Crippen LogP contribution in [0.2, 0.25) is 0 Å². The highest BCUT2D eigenvalue weighted by Gasteiger charge is 2.12. The first kappa shape index (κ1) is 18.1. The van der Waals surface area contributed by atoms with Crippen LogP contribution in [-0.4, -0.2) is 29.7 Å². The molecule has 0 fully saturated rings. The Balaban J connectivity index is 1.37. The first-order valence-electron chi connectivity index (χ1n) is 9.56. The Morgan fingerprint density at radius 2 is 1.75 bits per heavy atom. The van der Waals surface area contributed by atoms with Crippen LogP contribution in [0.3, 0.4) is 0 Å². The average Bonchev–Trinajstić information content (AvgIpc) is 2.71. The number of nitrogens with one attached hydrogen (secondary N) is 2. The maximum Gasteiger partial charge on any atom is 0.224 e. The molecule has 1 aliphatic heterocycles. The number of aryl methyl sites for hydroxylation is 2. The number of rotatable bonds is 7. The van der Waals surface area contributed by atoms with Gasteiger partial charge in [0.25, 0.3) is 0 Å². The van der Waals surface area contributed by atoms with Crippen molar-refractivity contribution in [1.29, 1.82) is 0 Å². The van der Waals surface area contributed by atoms with Gasteiger partial charge >= 0.3 is 0 Å². The summed E-state index contributed by atoms with van der Waals surface area (Å²) in [7, 11) is 0. The van der Waals surface area contributed by atoms with Crippen molar-refractivity contribution < 1.29 is 9.47 Å². The van der Waals surface area contributed by atoms with Crippen LogP contribution < -0.4 is 20.1 Å². The number of fused-ring (bicyclic) bond motifs is 1. The molecule has 6 nitrogen and oxygen atoms in total. The normalized spacial score (nSPS) is 12.5. The van der Waals surface area contributed by atoms with E-state index >= 15 is 0 Å². The van der Waals surface area contributed by atoms with Crippen molar-refractivity contribution >= 4 is 17.5 Å². The van der Waals surface area contributed by atoms with Gasteiger partial charge in [0.2, 0.25) is 5.95 Å². The molecule has 0 atom stereocenters. The molecule has 1 aromatic heterocycles. The summed E-state index contributed by atoms with van der Waals surface area (Å²) in [5.41, 5.74) is 3.15. The Bertz CT molecular complexity index is 931. The molecule has 0 aliphatic carbocycles. The number of nitrogens with zero attached hydrogens (tertiary/aromatic N) is 2. The van der Waals surface area contributed by atoms with E-state index in [0.717, 1.165) is 48.1 Å². The maximum atomic E-state index is 5.64. The molecule has 2 heterocycles. The third-order valence-electron chi connectivity index (χ3n) is 4.44. The Morgan fingerprint density at radius 3 is 2.61 bits per heavy atom. The third kappa shape index (κ3) is 4.71. The van der Waals surface area contributed by atoms with Crippen molar-refractivity contribution in [1.82, 2.24) is 9.97 Å². The standard InChI is InChI=1S/C22H24N4O2/c1-16-14-21(25-18-9-10-19-20(15-18)28-13-12-27-19)26-22(24-16)23-11-5-8-17-6-3-2-4-7-17/h2-4,6-7,9-10,14-15H,5,8,11-13H2,1H3,(H2,23,24,25,26). The zero-order valence-electron chi connectivity index (χ0n) is 15.9. The van der Waals surface area contributed by atoms with Crippen molar-refractivity contribution in [2.75, 3.05) is 30.4 Å². The molecule has 0 amide bonds. The Morgan fingerprint density at radius 1 is 0.929 bits per heavy atom. The van der Waals surface area contributed by atoms with Crippen LogP contribution in [0, 0.1) is 6.92 Å². The first-order chi connectivity index (χ1) is 13.8. The highest BCUT2D eigenvalue weighted by atomic mass is 16.6. The SMILES string of the molecule is Cc1cc(Nc2ccc3c(c2)OCCO3)nc(NCCCc2ccccc2)n1. The molecule has 0 radical (unpaired) electrons. The molecule has 0 saturated carbocycles. The monoisotopic (exact) mass is 376 g/mol. The van der Waals surface area contributed by atoms with Gasteiger partial charge in [0.15, 0.2) is 11.5 Å². The van der Waals surface area contributed by atoms with Crippen LogP contribution in [0.15, 0.2) is 54.6 Å². The van der Waals surface area contributed by atoms with E-state index in [1.807, 2.05) is 37.3 Å². The van der Waals surface area contributed by atoms with E-state index < -0.39 is 0 Å². The smallest absolute Gasteiger partial charge is 0.224 e. The van der Waals surface area contributed by atoms with E-state index in [1.165, 1.54) is 5.56 Å². The Labute approximate surface area is 164 Å². The number of aromatic nitrogens is 2. The third-order valence-corrected chi connectivity index (χ3v) is 4.44. The topological polar surface area (TPSA) is 68.3 Å². The minimum Gasteiger partial charge on any atom is -0.486 e. The molecule has 4 rings (SSSR count). The van der Waals surface area contributed by atoms with Crippen molar-refractivity contribution in [2.45, 2.75) is 19.8 Å². The second-order valence-corrected chi connectivity index (χ2v) is 6.72. The predicted octanol–water partition coefficient (Wildman–Crippen LogP) is 4.34. The summed E-state index contributed by atoms with van der Waals surface area (Å²) in [6.45, 7) is 3.94. The van der Waals surface area contributed by atoms with Gasteiger partial charge < -0.3 is 20.1 Å². The molecular weight excluding hydrogens is 352 g/mol. The lowest BCUT2D eigenvalue weighted by molar-refractivity contribution is 0.171. The summed E-state index contributed by atoms with van der Waals surface area (Å²) in [6.07, 6.45) is 2.05. The zero-order valence-corrected chi connectivity index (χ0v) is 15.9. The van der Waals surface area contributed by atoms with E-state index in [1.54, 1.807) is 0 Å². The van der Waals surface area contributed by atoms with Gasteiger partial charge in [-0.2, -0.15) is 4.98 Å². The summed E-state index contributed by atoms with van der Waals surface area (Å²) in [5, 5.41) is 6.65. The largest absolute Gasteiger partial charge is 0.486 e. The second-order valence-electron chi connectivity index (χ2n) is 6.72. The van der Waals surface area contributed by atoms with Crippen LogP contribution in [0.1, 0.15) is 17.7 Å². The lowest BCUT2D eigenvalue weighted by Gasteiger charge is -2.19. The molecular formula is C22H24N4O2. The number of ether oxygens (including phenoxy) is 2. The molecule has 0 unspecified atom stereocenters. The summed E-state index contributed by atoms with van der Waals surface area (Å²) in [4.78, 5) is 9.06. The summed E-state index contributed by atoms with van der Waals surface area (Å²) in [5.74, 6) is 2.90. The van der Waals surface area contributed by atoms with E-state index in [9.17, 15) is 0 Å². The van der Waals surface area contributed by atoms with Crippen LogP contribution in [0.25, 0.3) is 0 Å². The average molecular weight is 376 g/mol. The molecule has 0 saturated heterocycles. The van der Waals surface area contributed by atoms with Gasteiger partial charge in [-0.3, -0.25) is 0 Å². The van der Waals surface area contributed by atoms with Crippen LogP contribution >= 0.6 is 0 Å². The minimum atomic E-state index is 0.570. The summed E-state index contributed by atoms with van der Waals surface area (Å²) < 4.78 is 11.2. The lowest BCUT2D eigenvalue weighted by Crippen LogP contribution is -2.15. The zero-order chi connectivity index (χ0) is 19.2. The van der Waals surface area contributed by atoms with Crippen molar-refractivity contribution in [2.24, 2.45) is 0 Å². The molecule has 0 spiro atoms. The summed E-state index contributed by atoms with van der Waals surface area (Å²) in [6, 6.07) is 18.2. The van der Waals surface area contributed by atoms with E-state index in [0.29, 0.717) is 19.2 Å². The van der Waals surface area contributed by atoms with E-state index in [2.05, 4.69) is 44.9 Å². The fourth-order valence-electron chi connectivity index (χ4n) is 3.12. The fraction of sp³-hybridized carbons (Fsp3) is 0.273. The lowest BCUT2D eigenvalue weighted by atomic mass is 10.1. The van der Waals surface area contributed by atoms with Gasteiger partial charge in [-0.1, -0.05) is 30.3 Å². The van der Waals surface area contributed by atoms with Crippen molar-refractivity contribution in [3.8, 4) is 11.5 Å². The van der Waals surface area contributed by atoms with Crippen LogP contribution in [0.4, 0.5) is 17.5 Å². The summed E-state index contributed by atoms with van der Waals surface area (Å²) >= 11 is 0. The molecule has 2 N–H and O–H groups in total. The number of hydrogen-bond acceptors (Lipinski definition) is 6. The van der Waals surface area contributed by atoms with Crippen molar-refractivity contribution in [3.05, 3.63) is 65.9 Å². The van der Waals surface area contributed by atoms with Gasteiger partial charge in [-0.25, -0.2) is 4.98 Å². The quantitative estimate of drug-likeness (QED) is 0.598. The van der Waals surface area contributed by atoms with Gasteiger partial charge in [0, 0.05) is 30.1 Å². The maximum absolute atomic E-state index is 5.64. The number of anilines is 3. The van der Waals surface area contributed by atoms with Crippen LogP contribution in [0.5, 0.6) is 11.5 Å². The Hall–Kier alpha value is -3.28. The number of benzene rings is 2. The fourth-order valence-corrected chi connectivity index (χ4v) is 3.12. The predicted molar refractivity (Wildman–Crippen MR) is 111 cm³/mol. The molecule has 6 heteroatoms. The molecule has 3 aromatic rings. The van der Waals surface area contributed by atoms with Gasteiger partial charge in [-0.05, 0) is 37.5 Å². The number of hydrogen-bond donors (Lipinski definition) is 2. The van der Waals surface area contributed by atoms with Gasteiger partial charge in [0.05, 0.1) is 0 Å². The molecule has 0 bridgehead atoms. The molecule has 2 aromatic carbocycles. The van der Waals surface area contributed by atoms with E-state index in [-0.39, 0.29) is 0 Å². The van der Waals surface area contributed by atoms with E-state index in [4.69, 9.17) is 9.47 Å². The van der Waals surface area contributed by atoms with Crippen LogP contribution in [-0.2, 0) is 6.42 Å². The first-order valence-corrected chi connectivity index (χ1v) is 9.56. The highest BCUT2D eigenvalue weighted by molar-refractivity contribution is 5.62.